The van der Waals surface area contributed by atoms with Gasteiger partial charge in [0.1, 0.15) is 5.82 Å². The Morgan fingerprint density at radius 1 is 1.53 bits per heavy atom. The lowest BCUT2D eigenvalue weighted by Gasteiger charge is -2.30. The maximum atomic E-state index is 13.0. The summed E-state index contributed by atoms with van der Waals surface area (Å²) in [5, 5.41) is 9.64. The van der Waals surface area contributed by atoms with E-state index in [1.165, 1.54) is 6.07 Å². The first-order valence-corrected chi connectivity index (χ1v) is 6.05. The molecule has 0 aliphatic carbocycles. The van der Waals surface area contributed by atoms with Crippen molar-refractivity contribution in [2.24, 2.45) is 5.41 Å². The molecule has 0 spiro atoms. The lowest BCUT2D eigenvalue weighted by atomic mass is 9.76. The Balaban J connectivity index is 2.24. The van der Waals surface area contributed by atoms with Gasteiger partial charge in [0.15, 0.2) is 0 Å². The first-order valence-electron chi connectivity index (χ1n) is 6.05. The van der Waals surface area contributed by atoms with Crippen molar-refractivity contribution in [1.82, 2.24) is 0 Å². The number of hydrogen-bond acceptors (Lipinski definition) is 2. The van der Waals surface area contributed by atoms with Crippen molar-refractivity contribution in [3.05, 3.63) is 35.1 Å². The Morgan fingerprint density at radius 2 is 2.29 bits per heavy atom. The van der Waals surface area contributed by atoms with Crippen molar-refractivity contribution in [2.45, 2.75) is 32.8 Å². The van der Waals surface area contributed by atoms with E-state index in [1.54, 1.807) is 6.07 Å². The third-order valence-corrected chi connectivity index (χ3v) is 3.99. The summed E-state index contributed by atoms with van der Waals surface area (Å²) in [6, 6.07) is 4.84. The number of aliphatic hydroxyl groups excluding tert-OH is 1. The number of rotatable bonds is 3. The molecule has 17 heavy (non-hydrogen) atoms. The van der Waals surface area contributed by atoms with E-state index >= 15 is 0 Å². The zero-order valence-electron chi connectivity index (χ0n) is 10.4. The highest BCUT2D eigenvalue weighted by atomic mass is 19.1. The van der Waals surface area contributed by atoms with Crippen LogP contribution in [-0.2, 0) is 11.2 Å². The fourth-order valence-electron chi connectivity index (χ4n) is 2.55. The molecule has 1 aromatic carbocycles. The van der Waals surface area contributed by atoms with Gasteiger partial charge in [-0.25, -0.2) is 4.39 Å². The van der Waals surface area contributed by atoms with E-state index in [0.717, 1.165) is 24.0 Å². The first kappa shape index (κ1) is 12.5. The van der Waals surface area contributed by atoms with Crippen LogP contribution in [0.1, 0.15) is 24.5 Å². The first-order chi connectivity index (χ1) is 8.07. The van der Waals surface area contributed by atoms with Gasteiger partial charge in [0, 0.05) is 12.0 Å². The molecule has 0 radical (unpaired) electrons. The van der Waals surface area contributed by atoms with Gasteiger partial charge in [-0.1, -0.05) is 6.07 Å². The van der Waals surface area contributed by atoms with Gasteiger partial charge in [0.2, 0.25) is 0 Å². The number of hydrogen-bond donors (Lipinski definition) is 1. The average molecular weight is 238 g/mol. The summed E-state index contributed by atoms with van der Waals surface area (Å²) in [5.74, 6) is -0.208. The summed E-state index contributed by atoms with van der Waals surface area (Å²) in [4.78, 5) is 0. The van der Waals surface area contributed by atoms with E-state index in [9.17, 15) is 9.50 Å². The largest absolute Gasteiger partial charge is 0.396 e. The highest BCUT2D eigenvalue weighted by Crippen LogP contribution is 2.38. The number of halogens is 1. The predicted molar refractivity (Wildman–Crippen MR) is 64.4 cm³/mol. The van der Waals surface area contributed by atoms with Crippen molar-refractivity contribution in [3.63, 3.8) is 0 Å². The monoisotopic (exact) mass is 238 g/mol. The fourth-order valence-corrected chi connectivity index (χ4v) is 2.55. The number of benzene rings is 1. The quantitative estimate of drug-likeness (QED) is 0.876. The van der Waals surface area contributed by atoms with Crippen LogP contribution in [0, 0.1) is 18.2 Å². The van der Waals surface area contributed by atoms with Crippen molar-refractivity contribution in [3.8, 4) is 0 Å². The maximum Gasteiger partial charge on any atom is 0.123 e. The van der Waals surface area contributed by atoms with Crippen molar-refractivity contribution in [2.75, 3.05) is 13.2 Å². The van der Waals surface area contributed by atoms with Crippen molar-refractivity contribution >= 4 is 0 Å². The van der Waals surface area contributed by atoms with Crippen LogP contribution in [0.2, 0.25) is 0 Å². The molecule has 2 atom stereocenters. The zero-order chi connectivity index (χ0) is 12.5. The summed E-state index contributed by atoms with van der Waals surface area (Å²) in [5.41, 5.74) is 1.83. The van der Waals surface area contributed by atoms with Crippen LogP contribution in [0.25, 0.3) is 0 Å². The van der Waals surface area contributed by atoms with Crippen LogP contribution in [0.4, 0.5) is 4.39 Å². The number of ether oxygens (including phenoxy) is 1. The molecule has 1 heterocycles. The second kappa shape index (κ2) is 4.75. The van der Waals surface area contributed by atoms with Crippen molar-refractivity contribution < 1.29 is 14.2 Å². The van der Waals surface area contributed by atoms with E-state index in [2.05, 4.69) is 0 Å². The second-order valence-electron chi connectivity index (χ2n) is 5.03. The van der Waals surface area contributed by atoms with Crippen LogP contribution < -0.4 is 0 Å². The Labute approximate surface area is 101 Å². The fraction of sp³-hybridized carbons (Fsp3) is 0.571. The van der Waals surface area contributed by atoms with Crippen molar-refractivity contribution in [1.29, 1.82) is 0 Å². The zero-order valence-corrected chi connectivity index (χ0v) is 10.4. The predicted octanol–water partition coefficient (Wildman–Crippen LogP) is 2.46. The average Bonchev–Trinajstić information content (AvgIpc) is 2.65. The number of aryl methyl sites for hydroxylation is 1. The van der Waals surface area contributed by atoms with Crippen LogP contribution in [0.15, 0.2) is 18.2 Å². The third kappa shape index (κ3) is 2.35. The van der Waals surface area contributed by atoms with Crippen LogP contribution >= 0.6 is 0 Å². The lowest BCUT2D eigenvalue weighted by molar-refractivity contribution is 0.0271. The van der Waals surface area contributed by atoms with E-state index in [1.807, 2.05) is 19.9 Å². The van der Waals surface area contributed by atoms with Crippen LogP contribution in [0.3, 0.4) is 0 Å². The van der Waals surface area contributed by atoms with Gasteiger partial charge in [-0.15, -0.1) is 0 Å². The van der Waals surface area contributed by atoms with Gasteiger partial charge in [-0.05, 0) is 49.9 Å². The molecule has 2 rings (SSSR count). The molecule has 2 unspecified atom stereocenters. The van der Waals surface area contributed by atoms with Gasteiger partial charge in [0.25, 0.3) is 0 Å². The topological polar surface area (TPSA) is 29.5 Å². The van der Waals surface area contributed by atoms with Gasteiger partial charge in [-0.2, -0.15) is 0 Å². The minimum Gasteiger partial charge on any atom is -0.396 e. The van der Waals surface area contributed by atoms with E-state index in [4.69, 9.17) is 4.74 Å². The molecule has 0 amide bonds. The molecule has 1 N–H and O–H groups in total. The summed E-state index contributed by atoms with van der Waals surface area (Å²) < 4.78 is 18.6. The van der Waals surface area contributed by atoms with Gasteiger partial charge >= 0.3 is 0 Å². The molecule has 1 aliphatic heterocycles. The molecule has 3 heteroatoms. The molecule has 0 bridgehead atoms. The number of aliphatic hydroxyl groups is 1. The molecule has 1 aromatic rings. The van der Waals surface area contributed by atoms with Crippen LogP contribution in [0.5, 0.6) is 0 Å². The highest BCUT2D eigenvalue weighted by molar-refractivity contribution is 5.28. The molecule has 0 aromatic heterocycles. The maximum absolute atomic E-state index is 13.0. The Kier molecular flexibility index (Phi) is 3.50. The molecule has 1 saturated heterocycles. The molecular formula is C14H19FO2. The van der Waals surface area contributed by atoms with E-state index in [0.29, 0.717) is 6.61 Å². The molecule has 1 aliphatic rings. The Hall–Kier alpha value is -0.930. The minimum absolute atomic E-state index is 0.0527. The molecule has 0 saturated carbocycles. The smallest absolute Gasteiger partial charge is 0.123 e. The normalized spacial score (nSPS) is 28.6. The summed E-state index contributed by atoms with van der Waals surface area (Å²) in [6.45, 7) is 4.72. The summed E-state index contributed by atoms with van der Waals surface area (Å²) in [7, 11) is 0. The second-order valence-corrected chi connectivity index (χ2v) is 5.03. The standard InChI is InChI=1S/C14H19FO2/c1-10-7-13(15)4-3-12(10)8-14(9-16)5-6-17-11(14)2/h3-4,7,11,16H,5-6,8-9H2,1-2H3. The third-order valence-electron chi connectivity index (χ3n) is 3.99. The van der Waals surface area contributed by atoms with Crippen LogP contribution in [-0.4, -0.2) is 24.4 Å². The molecular weight excluding hydrogens is 219 g/mol. The summed E-state index contributed by atoms with van der Waals surface area (Å²) in [6.07, 6.45) is 1.66. The van der Waals surface area contributed by atoms with Gasteiger partial charge < -0.3 is 9.84 Å². The van der Waals surface area contributed by atoms with Gasteiger partial charge in [0.05, 0.1) is 12.7 Å². The minimum atomic E-state index is -0.208. The molecule has 94 valence electrons. The Bertz CT molecular complexity index is 405. The molecule has 2 nitrogen and oxygen atoms in total. The van der Waals surface area contributed by atoms with E-state index < -0.39 is 0 Å². The van der Waals surface area contributed by atoms with Gasteiger partial charge in [-0.3, -0.25) is 0 Å². The lowest BCUT2D eigenvalue weighted by Crippen LogP contribution is -2.35. The summed E-state index contributed by atoms with van der Waals surface area (Å²) >= 11 is 0. The Morgan fingerprint density at radius 3 is 2.82 bits per heavy atom. The molecule has 1 fully saturated rings. The highest BCUT2D eigenvalue weighted by Gasteiger charge is 2.41. The SMILES string of the molecule is Cc1cc(F)ccc1CC1(CO)CCOC1C. The van der Waals surface area contributed by atoms with E-state index in [-0.39, 0.29) is 23.9 Å².